The first-order chi connectivity index (χ1) is 13.0. The van der Waals surface area contributed by atoms with E-state index in [1.165, 1.54) is 17.0 Å². The van der Waals surface area contributed by atoms with Crippen molar-refractivity contribution in [1.82, 2.24) is 10.2 Å². The number of amides is 4. The molecule has 1 N–H and O–H groups in total. The summed E-state index contributed by atoms with van der Waals surface area (Å²) in [5.41, 5.74) is -0.211. The lowest BCUT2D eigenvalue weighted by atomic mass is 9.91. The molecule has 6 nitrogen and oxygen atoms in total. The largest absolute Gasteiger partial charge is 0.326 e. The minimum atomic E-state index is -1.81. The molecule has 0 saturated carbocycles. The molecule has 134 valence electrons. The van der Waals surface area contributed by atoms with E-state index in [0.717, 1.165) is 4.90 Å². The first-order valence-electron chi connectivity index (χ1n) is 8.22. The van der Waals surface area contributed by atoms with E-state index in [9.17, 15) is 18.8 Å². The molecule has 0 aliphatic carbocycles. The van der Waals surface area contributed by atoms with Crippen LogP contribution in [0, 0.1) is 18.2 Å². The Kier molecular flexibility index (Phi) is 3.70. The van der Waals surface area contributed by atoms with Crippen molar-refractivity contribution in [2.45, 2.75) is 12.1 Å². The average molecular weight is 363 g/mol. The number of halogens is 1. The van der Waals surface area contributed by atoms with E-state index in [2.05, 4.69) is 11.2 Å². The fourth-order valence-corrected chi connectivity index (χ4v) is 3.52. The SMILES string of the molecule is C#CCN1C(=O)NC2(C1=O)C(=O)N(Cc1ccc(F)cc1)c1ccccc12. The van der Waals surface area contributed by atoms with Crippen molar-refractivity contribution in [3.8, 4) is 12.3 Å². The maximum Gasteiger partial charge on any atom is 0.326 e. The highest BCUT2D eigenvalue weighted by Crippen LogP contribution is 2.44. The topological polar surface area (TPSA) is 69.7 Å². The second kappa shape index (κ2) is 5.95. The van der Waals surface area contributed by atoms with Gasteiger partial charge in [-0.15, -0.1) is 6.42 Å². The lowest BCUT2D eigenvalue weighted by molar-refractivity contribution is -0.138. The number of benzene rings is 2. The molecule has 2 aromatic carbocycles. The summed E-state index contributed by atoms with van der Waals surface area (Å²) in [5.74, 6) is 0.619. The van der Waals surface area contributed by atoms with E-state index in [-0.39, 0.29) is 18.9 Å². The Hall–Kier alpha value is -3.66. The highest BCUT2D eigenvalue weighted by molar-refractivity contribution is 6.27. The normalized spacial score (nSPS) is 20.8. The van der Waals surface area contributed by atoms with Crippen LogP contribution in [-0.2, 0) is 21.7 Å². The lowest BCUT2D eigenvalue weighted by Crippen LogP contribution is -2.52. The molecule has 1 atom stereocenters. The minimum absolute atomic E-state index is 0.135. The van der Waals surface area contributed by atoms with Crippen LogP contribution < -0.4 is 10.2 Å². The summed E-state index contributed by atoms with van der Waals surface area (Å²) in [6.07, 6.45) is 5.24. The van der Waals surface area contributed by atoms with Crippen LogP contribution in [0.5, 0.6) is 0 Å². The molecule has 2 aliphatic heterocycles. The molecule has 27 heavy (non-hydrogen) atoms. The van der Waals surface area contributed by atoms with Gasteiger partial charge < -0.3 is 10.2 Å². The molecular weight excluding hydrogens is 349 g/mol. The molecular formula is C20H14FN3O3. The molecule has 4 amide bonds. The van der Waals surface area contributed by atoms with Gasteiger partial charge in [-0.1, -0.05) is 36.3 Å². The van der Waals surface area contributed by atoms with Crippen molar-refractivity contribution in [3.63, 3.8) is 0 Å². The predicted molar refractivity (Wildman–Crippen MR) is 94.8 cm³/mol. The van der Waals surface area contributed by atoms with Crippen molar-refractivity contribution in [1.29, 1.82) is 0 Å². The number of hydrogen-bond acceptors (Lipinski definition) is 3. The third kappa shape index (κ3) is 2.30. The average Bonchev–Trinajstić information content (AvgIpc) is 3.05. The van der Waals surface area contributed by atoms with E-state index in [0.29, 0.717) is 16.8 Å². The molecule has 2 aliphatic rings. The van der Waals surface area contributed by atoms with Crippen molar-refractivity contribution in [2.24, 2.45) is 0 Å². The Balaban J connectivity index is 1.79. The highest BCUT2D eigenvalue weighted by atomic mass is 19.1. The maximum absolute atomic E-state index is 13.3. The monoisotopic (exact) mass is 363 g/mol. The van der Waals surface area contributed by atoms with Gasteiger partial charge >= 0.3 is 6.03 Å². The second-order valence-electron chi connectivity index (χ2n) is 6.31. The van der Waals surface area contributed by atoms with Crippen LogP contribution in [0.1, 0.15) is 11.1 Å². The molecule has 0 bridgehead atoms. The zero-order valence-electron chi connectivity index (χ0n) is 14.1. The molecule has 1 unspecified atom stereocenters. The summed E-state index contributed by atoms with van der Waals surface area (Å²) in [4.78, 5) is 40.9. The number of urea groups is 1. The van der Waals surface area contributed by atoms with E-state index in [4.69, 9.17) is 6.42 Å². The third-order valence-corrected chi connectivity index (χ3v) is 4.77. The van der Waals surface area contributed by atoms with E-state index in [1.54, 1.807) is 36.4 Å². The number of nitrogens with one attached hydrogen (secondary N) is 1. The number of anilines is 1. The smallest absolute Gasteiger partial charge is 0.311 e. The summed E-state index contributed by atoms with van der Waals surface area (Å²) in [6.45, 7) is -0.0873. The van der Waals surface area contributed by atoms with Crippen LogP contribution in [0.3, 0.4) is 0 Å². The number of nitrogens with zero attached hydrogens (tertiary/aromatic N) is 2. The maximum atomic E-state index is 13.3. The molecule has 1 saturated heterocycles. The van der Waals surface area contributed by atoms with Gasteiger partial charge in [0, 0.05) is 5.56 Å². The van der Waals surface area contributed by atoms with Gasteiger partial charge in [-0.25, -0.2) is 14.1 Å². The molecule has 1 fully saturated rings. The molecule has 7 heteroatoms. The zero-order chi connectivity index (χ0) is 19.2. The predicted octanol–water partition coefficient (Wildman–Crippen LogP) is 1.75. The second-order valence-corrected chi connectivity index (χ2v) is 6.31. The van der Waals surface area contributed by atoms with Crippen LogP contribution in [0.4, 0.5) is 14.9 Å². The standard InChI is InChI=1S/C20H14FN3O3/c1-2-11-23-17(25)20(22-19(23)27)15-5-3-4-6-16(15)24(18(20)26)12-13-7-9-14(21)10-8-13/h1,3-10H,11-12H2,(H,22,27). The fourth-order valence-electron chi connectivity index (χ4n) is 3.52. The fraction of sp³-hybridized carbons (Fsp3) is 0.150. The first kappa shape index (κ1) is 16.8. The Labute approximate surface area is 154 Å². The zero-order valence-corrected chi connectivity index (χ0v) is 14.1. The summed E-state index contributed by atoms with van der Waals surface area (Å²) in [6, 6.07) is 11.8. The van der Waals surface area contributed by atoms with E-state index >= 15 is 0 Å². The van der Waals surface area contributed by atoms with E-state index in [1.807, 2.05) is 0 Å². The summed E-state index contributed by atoms with van der Waals surface area (Å²) < 4.78 is 13.2. The van der Waals surface area contributed by atoms with Gasteiger partial charge in [-0.3, -0.25) is 9.59 Å². The van der Waals surface area contributed by atoms with Gasteiger partial charge in [0.15, 0.2) is 0 Å². The molecule has 0 aromatic heterocycles. The Bertz CT molecular complexity index is 1010. The van der Waals surface area contributed by atoms with Gasteiger partial charge in [0.05, 0.1) is 18.8 Å². The van der Waals surface area contributed by atoms with E-state index < -0.39 is 23.4 Å². The number of carbonyl (C=O) groups excluding carboxylic acids is 3. The summed E-state index contributed by atoms with van der Waals surface area (Å²) in [5, 5.41) is 2.54. The number of rotatable bonds is 3. The minimum Gasteiger partial charge on any atom is -0.311 e. The Morgan fingerprint density at radius 2 is 1.67 bits per heavy atom. The number of para-hydroxylation sites is 1. The van der Waals surface area contributed by atoms with Crippen molar-refractivity contribution >= 4 is 23.5 Å². The number of hydrogen-bond donors (Lipinski definition) is 1. The molecule has 2 heterocycles. The van der Waals surface area contributed by atoms with Gasteiger partial charge in [0.2, 0.25) is 5.54 Å². The van der Waals surface area contributed by atoms with Gasteiger partial charge in [0.1, 0.15) is 5.82 Å². The summed E-state index contributed by atoms with van der Waals surface area (Å²) in [7, 11) is 0. The van der Waals surface area contributed by atoms with Crippen molar-refractivity contribution in [3.05, 3.63) is 65.5 Å². The number of terminal acetylenes is 1. The van der Waals surface area contributed by atoms with Crippen molar-refractivity contribution < 1.29 is 18.8 Å². The third-order valence-electron chi connectivity index (χ3n) is 4.77. The van der Waals surface area contributed by atoms with Gasteiger partial charge in [-0.2, -0.15) is 0 Å². The van der Waals surface area contributed by atoms with Gasteiger partial charge in [0.25, 0.3) is 11.8 Å². The first-order valence-corrected chi connectivity index (χ1v) is 8.22. The van der Waals surface area contributed by atoms with Gasteiger partial charge in [-0.05, 0) is 23.8 Å². The van der Waals surface area contributed by atoms with Crippen molar-refractivity contribution in [2.75, 3.05) is 11.4 Å². The number of fused-ring (bicyclic) bond motifs is 2. The lowest BCUT2D eigenvalue weighted by Gasteiger charge is -2.22. The molecule has 4 rings (SSSR count). The molecule has 0 radical (unpaired) electrons. The Morgan fingerprint density at radius 3 is 2.37 bits per heavy atom. The highest BCUT2D eigenvalue weighted by Gasteiger charge is 2.63. The number of carbonyl (C=O) groups is 3. The van der Waals surface area contributed by atoms with Crippen LogP contribution in [0.15, 0.2) is 48.5 Å². The molecule has 1 spiro atoms. The Morgan fingerprint density at radius 1 is 1.00 bits per heavy atom. The number of imide groups is 1. The molecule has 2 aromatic rings. The van der Waals surface area contributed by atoms with Crippen LogP contribution in [0.2, 0.25) is 0 Å². The van der Waals surface area contributed by atoms with Crippen LogP contribution >= 0.6 is 0 Å². The summed E-state index contributed by atoms with van der Waals surface area (Å²) >= 11 is 0. The van der Waals surface area contributed by atoms with Crippen LogP contribution in [0.25, 0.3) is 0 Å². The quantitative estimate of drug-likeness (QED) is 0.513. The van der Waals surface area contributed by atoms with Crippen LogP contribution in [-0.4, -0.2) is 29.3 Å².